The minimum atomic E-state index is -0.158. The van der Waals surface area contributed by atoms with E-state index in [0.717, 1.165) is 35.8 Å². The fraction of sp³-hybridized carbons (Fsp3) is 0.812. The van der Waals surface area contributed by atoms with Crippen LogP contribution in [0.3, 0.4) is 0 Å². The van der Waals surface area contributed by atoms with Gasteiger partial charge in [-0.25, -0.2) is 0 Å². The summed E-state index contributed by atoms with van der Waals surface area (Å²) in [5.41, 5.74) is 1.05. The van der Waals surface area contributed by atoms with Gasteiger partial charge in [0.25, 0.3) is 0 Å². The van der Waals surface area contributed by atoms with Crippen molar-refractivity contribution in [2.75, 3.05) is 0 Å². The Morgan fingerprint density at radius 1 is 1.32 bits per heavy atom. The monoisotopic (exact) mass is 260 g/mol. The second kappa shape index (κ2) is 4.08. The molecular formula is C16H24N2O. The molecule has 3 fully saturated rings. The van der Waals surface area contributed by atoms with Gasteiger partial charge in [-0.15, -0.1) is 0 Å². The minimum Gasteiger partial charge on any atom is -0.392 e. The summed E-state index contributed by atoms with van der Waals surface area (Å²) in [6.45, 7) is 4.27. The van der Waals surface area contributed by atoms with Gasteiger partial charge in [-0.05, 0) is 68.8 Å². The molecule has 5 atom stereocenters. The molecule has 1 N–H and O–H groups in total. The number of hydrogen-bond acceptors (Lipinski definition) is 2. The number of nitrogens with zero attached hydrogens (tertiary/aromatic N) is 2. The summed E-state index contributed by atoms with van der Waals surface area (Å²) in [6, 6.07) is 2.47. The van der Waals surface area contributed by atoms with Gasteiger partial charge in [0.2, 0.25) is 0 Å². The van der Waals surface area contributed by atoms with Crippen molar-refractivity contribution in [2.45, 2.75) is 51.7 Å². The Bertz CT molecular complexity index is 465. The van der Waals surface area contributed by atoms with Crippen LogP contribution in [-0.2, 0) is 6.42 Å². The molecule has 4 rings (SSSR count). The van der Waals surface area contributed by atoms with E-state index in [9.17, 15) is 5.11 Å². The molecule has 1 heterocycles. The number of rotatable bonds is 4. The van der Waals surface area contributed by atoms with Crippen molar-refractivity contribution in [3.63, 3.8) is 0 Å². The molecule has 104 valence electrons. The number of aromatic nitrogens is 2. The van der Waals surface area contributed by atoms with Gasteiger partial charge in [-0.2, -0.15) is 5.10 Å². The summed E-state index contributed by atoms with van der Waals surface area (Å²) in [6.07, 6.45) is 6.93. The fourth-order valence-electron chi connectivity index (χ4n) is 5.03. The third kappa shape index (κ3) is 1.78. The summed E-state index contributed by atoms with van der Waals surface area (Å²) >= 11 is 0. The van der Waals surface area contributed by atoms with Crippen LogP contribution in [0.15, 0.2) is 12.3 Å². The molecule has 1 aromatic rings. The average Bonchev–Trinajstić information content (AvgIpc) is 2.75. The van der Waals surface area contributed by atoms with Crippen molar-refractivity contribution in [1.82, 2.24) is 9.78 Å². The molecule has 0 aliphatic heterocycles. The normalized spacial score (nSPS) is 40.7. The van der Waals surface area contributed by atoms with Gasteiger partial charge in [0.1, 0.15) is 0 Å². The van der Waals surface area contributed by atoms with Gasteiger partial charge in [-0.1, -0.05) is 0 Å². The highest BCUT2D eigenvalue weighted by Crippen LogP contribution is 2.70. The van der Waals surface area contributed by atoms with Crippen molar-refractivity contribution in [3.8, 4) is 0 Å². The summed E-state index contributed by atoms with van der Waals surface area (Å²) in [5, 5.41) is 15.1. The number of fused-ring (bicyclic) bond motifs is 5. The first-order valence-corrected chi connectivity index (χ1v) is 7.87. The molecule has 3 heteroatoms. The molecule has 0 saturated heterocycles. The highest BCUT2D eigenvalue weighted by Gasteiger charge is 2.66. The molecule has 0 aromatic carbocycles. The lowest BCUT2D eigenvalue weighted by Gasteiger charge is -2.14. The van der Waals surface area contributed by atoms with E-state index in [1.165, 1.54) is 19.3 Å². The smallest absolute Gasteiger partial charge is 0.0650 e. The van der Waals surface area contributed by atoms with E-state index >= 15 is 0 Å². The lowest BCUT2D eigenvalue weighted by Crippen LogP contribution is -2.19. The van der Waals surface area contributed by atoms with Crippen LogP contribution in [0.1, 0.15) is 44.8 Å². The average molecular weight is 260 g/mol. The second-order valence-electron chi connectivity index (χ2n) is 7.22. The standard InChI is InChI=1S/C16H24N2O/c1-9(2)18-6-5-12(17-18)8-13(19)16-14-10-3-4-11(7-10)15(14)16/h5-6,9-11,13-16,19H,3-4,7-8H2,1-2H3. The van der Waals surface area contributed by atoms with E-state index in [0.29, 0.717) is 12.0 Å². The van der Waals surface area contributed by atoms with Crippen LogP contribution in [0.5, 0.6) is 0 Å². The Morgan fingerprint density at radius 2 is 2.00 bits per heavy atom. The zero-order valence-corrected chi connectivity index (χ0v) is 11.9. The van der Waals surface area contributed by atoms with Crippen LogP contribution in [-0.4, -0.2) is 21.0 Å². The predicted octanol–water partition coefficient (Wildman–Crippen LogP) is 2.66. The molecule has 0 radical (unpaired) electrons. The number of aliphatic hydroxyl groups excluding tert-OH is 1. The minimum absolute atomic E-state index is 0.158. The van der Waals surface area contributed by atoms with Crippen LogP contribution in [0.4, 0.5) is 0 Å². The van der Waals surface area contributed by atoms with E-state index in [1.54, 1.807) is 0 Å². The van der Waals surface area contributed by atoms with Crippen LogP contribution in [0, 0.1) is 29.6 Å². The third-order valence-corrected chi connectivity index (χ3v) is 5.85. The molecule has 2 bridgehead atoms. The van der Waals surface area contributed by atoms with Crippen molar-refractivity contribution in [1.29, 1.82) is 0 Å². The predicted molar refractivity (Wildman–Crippen MR) is 73.6 cm³/mol. The number of aliphatic hydroxyl groups is 1. The maximum Gasteiger partial charge on any atom is 0.0650 e. The van der Waals surface area contributed by atoms with E-state index in [1.807, 2.05) is 10.9 Å². The highest BCUT2D eigenvalue weighted by atomic mass is 16.3. The van der Waals surface area contributed by atoms with Gasteiger partial charge in [0.15, 0.2) is 0 Å². The summed E-state index contributed by atoms with van der Waals surface area (Å²) in [7, 11) is 0. The fourth-order valence-corrected chi connectivity index (χ4v) is 5.03. The maximum absolute atomic E-state index is 10.5. The molecule has 1 aromatic heterocycles. The number of hydrogen-bond donors (Lipinski definition) is 1. The largest absolute Gasteiger partial charge is 0.392 e. The van der Waals surface area contributed by atoms with Crippen molar-refractivity contribution in [3.05, 3.63) is 18.0 Å². The van der Waals surface area contributed by atoms with E-state index < -0.39 is 0 Å². The van der Waals surface area contributed by atoms with Crippen LogP contribution < -0.4 is 0 Å². The SMILES string of the molecule is CC(C)n1ccc(CC(O)C2C3C4CCC(C4)C23)n1. The third-order valence-electron chi connectivity index (χ3n) is 5.85. The Hall–Kier alpha value is -0.830. The molecule has 3 saturated carbocycles. The lowest BCUT2D eigenvalue weighted by molar-refractivity contribution is 0.127. The molecule has 3 aliphatic rings. The second-order valence-corrected chi connectivity index (χ2v) is 7.22. The molecule has 0 amide bonds. The Labute approximate surface area is 115 Å². The van der Waals surface area contributed by atoms with Crippen molar-refractivity contribution >= 4 is 0 Å². The zero-order valence-electron chi connectivity index (χ0n) is 11.9. The van der Waals surface area contributed by atoms with Crippen LogP contribution in [0.2, 0.25) is 0 Å². The quantitative estimate of drug-likeness (QED) is 0.904. The first-order valence-electron chi connectivity index (χ1n) is 7.87. The van der Waals surface area contributed by atoms with Gasteiger partial charge < -0.3 is 5.11 Å². The molecule has 3 nitrogen and oxygen atoms in total. The van der Waals surface area contributed by atoms with E-state index in [2.05, 4.69) is 25.0 Å². The summed E-state index contributed by atoms with van der Waals surface area (Å²) in [5.74, 6) is 4.21. The Morgan fingerprint density at radius 3 is 2.58 bits per heavy atom. The molecular weight excluding hydrogens is 236 g/mol. The first kappa shape index (κ1) is 12.0. The lowest BCUT2D eigenvalue weighted by atomic mass is 9.97. The Balaban J connectivity index is 1.41. The molecule has 0 spiro atoms. The highest BCUT2D eigenvalue weighted by molar-refractivity contribution is 5.16. The first-order chi connectivity index (χ1) is 9.15. The Kier molecular flexibility index (Phi) is 2.57. The van der Waals surface area contributed by atoms with Gasteiger partial charge in [0.05, 0.1) is 11.8 Å². The van der Waals surface area contributed by atoms with Crippen molar-refractivity contribution in [2.24, 2.45) is 29.6 Å². The van der Waals surface area contributed by atoms with Gasteiger partial charge in [0, 0.05) is 18.7 Å². The summed E-state index contributed by atoms with van der Waals surface area (Å²) < 4.78 is 1.99. The van der Waals surface area contributed by atoms with Gasteiger partial charge in [-0.3, -0.25) is 4.68 Å². The molecule has 3 aliphatic carbocycles. The topological polar surface area (TPSA) is 38.0 Å². The molecule has 5 unspecified atom stereocenters. The van der Waals surface area contributed by atoms with Crippen LogP contribution in [0.25, 0.3) is 0 Å². The zero-order chi connectivity index (χ0) is 13.1. The maximum atomic E-state index is 10.5. The van der Waals surface area contributed by atoms with Gasteiger partial charge >= 0.3 is 0 Å². The summed E-state index contributed by atoms with van der Waals surface area (Å²) in [4.78, 5) is 0. The molecule has 19 heavy (non-hydrogen) atoms. The van der Waals surface area contributed by atoms with E-state index in [4.69, 9.17) is 0 Å². The van der Waals surface area contributed by atoms with E-state index in [-0.39, 0.29) is 6.10 Å². The van der Waals surface area contributed by atoms with Crippen molar-refractivity contribution < 1.29 is 5.11 Å². The van der Waals surface area contributed by atoms with Crippen LogP contribution >= 0.6 is 0 Å².